The Morgan fingerprint density at radius 2 is 2.00 bits per heavy atom. The molecule has 1 rings (SSSR count). The highest BCUT2D eigenvalue weighted by Gasteiger charge is 1.99. The molecule has 0 fully saturated rings. The maximum absolute atomic E-state index is 12.5. The first-order valence-electron chi connectivity index (χ1n) is 4.11. The van der Waals surface area contributed by atoms with Crippen LogP contribution in [0.3, 0.4) is 0 Å². The Bertz CT molecular complexity index is 297. The molecular formula is C11H11FO. The summed E-state index contributed by atoms with van der Waals surface area (Å²) in [5.41, 5.74) is 0.982. The Morgan fingerprint density at radius 3 is 2.54 bits per heavy atom. The van der Waals surface area contributed by atoms with Gasteiger partial charge >= 0.3 is 0 Å². The van der Waals surface area contributed by atoms with E-state index in [2.05, 4.69) is 5.92 Å². The molecule has 0 heterocycles. The molecule has 1 atom stereocenters. The van der Waals surface area contributed by atoms with Crippen LogP contribution in [0.5, 0.6) is 0 Å². The first kappa shape index (κ1) is 9.76. The summed E-state index contributed by atoms with van der Waals surface area (Å²) in [5.74, 6) is 1.98. The summed E-state index contributed by atoms with van der Waals surface area (Å²) in [6.07, 6.45) is 5.48. The molecule has 13 heavy (non-hydrogen) atoms. The van der Waals surface area contributed by atoms with Crippen LogP contribution in [0, 0.1) is 18.2 Å². The van der Waals surface area contributed by atoms with Gasteiger partial charge in [-0.2, -0.15) is 0 Å². The number of aryl methyl sites for hydroxylation is 1. The van der Waals surface area contributed by atoms with E-state index in [1.807, 2.05) is 0 Å². The Kier molecular flexibility index (Phi) is 3.48. The third kappa shape index (κ3) is 3.27. The van der Waals surface area contributed by atoms with Crippen molar-refractivity contribution in [3.05, 3.63) is 35.6 Å². The van der Waals surface area contributed by atoms with Crippen LogP contribution >= 0.6 is 0 Å². The molecule has 0 aliphatic carbocycles. The summed E-state index contributed by atoms with van der Waals surface area (Å²) in [7, 11) is 0. The van der Waals surface area contributed by atoms with Gasteiger partial charge in [-0.05, 0) is 30.5 Å². The fourth-order valence-electron chi connectivity index (χ4n) is 1.04. The molecule has 0 aliphatic rings. The Hall–Kier alpha value is -1.33. The van der Waals surface area contributed by atoms with Crippen LogP contribution in [-0.4, -0.2) is 11.2 Å². The number of halogens is 1. The van der Waals surface area contributed by atoms with E-state index in [9.17, 15) is 4.39 Å². The lowest BCUT2D eigenvalue weighted by molar-refractivity contribution is 0.222. The van der Waals surface area contributed by atoms with Crippen molar-refractivity contribution in [2.24, 2.45) is 0 Å². The molecule has 1 aromatic carbocycles. The molecule has 1 aromatic rings. The average Bonchev–Trinajstić information content (AvgIpc) is 2.16. The van der Waals surface area contributed by atoms with Crippen LogP contribution in [-0.2, 0) is 6.42 Å². The lowest BCUT2D eigenvalue weighted by Gasteiger charge is -2.02. The Labute approximate surface area is 77.2 Å². The number of aliphatic hydroxyl groups excluding tert-OH is 1. The molecule has 0 bridgehead atoms. The Balaban J connectivity index is 2.47. The van der Waals surface area contributed by atoms with Gasteiger partial charge in [0.15, 0.2) is 0 Å². The largest absolute Gasteiger partial charge is 0.380 e. The van der Waals surface area contributed by atoms with E-state index in [0.717, 1.165) is 5.56 Å². The van der Waals surface area contributed by atoms with Gasteiger partial charge in [-0.25, -0.2) is 4.39 Å². The summed E-state index contributed by atoms with van der Waals surface area (Å²) in [5, 5.41) is 9.06. The summed E-state index contributed by atoms with van der Waals surface area (Å²) < 4.78 is 12.5. The minimum absolute atomic E-state index is 0.249. The molecule has 0 saturated heterocycles. The normalized spacial score (nSPS) is 12.1. The van der Waals surface area contributed by atoms with Gasteiger partial charge in [-0.15, -0.1) is 6.42 Å². The van der Waals surface area contributed by atoms with Crippen LogP contribution in [0.4, 0.5) is 4.39 Å². The highest BCUT2D eigenvalue weighted by Crippen LogP contribution is 2.06. The second-order valence-electron chi connectivity index (χ2n) is 2.85. The number of benzene rings is 1. The highest BCUT2D eigenvalue weighted by molar-refractivity contribution is 5.16. The molecule has 1 N–H and O–H groups in total. The lowest BCUT2D eigenvalue weighted by atomic mass is 10.1. The number of hydrogen-bond donors (Lipinski definition) is 1. The first-order valence-corrected chi connectivity index (χ1v) is 4.11. The SMILES string of the molecule is C#CC(O)CCc1ccc(F)cc1. The van der Waals surface area contributed by atoms with Gasteiger partial charge in [-0.3, -0.25) is 0 Å². The van der Waals surface area contributed by atoms with Gasteiger partial charge in [-0.1, -0.05) is 18.1 Å². The van der Waals surface area contributed by atoms with E-state index >= 15 is 0 Å². The number of hydrogen-bond acceptors (Lipinski definition) is 1. The average molecular weight is 178 g/mol. The van der Waals surface area contributed by atoms with Gasteiger partial charge in [0.25, 0.3) is 0 Å². The van der Waals surface area contributed by atoms with Crippen LogP contribution in [0.1, 0.15) is 12.0 Å². The van der Waals surface area contributed by atoms with Crippen molar-refractivity contribution < 1.29 is 9.50 Å². The van der Waals surface area contributed by atoms with E-state index in [1.165, 1.54) is 12.1 Å². The molecule has 0 saturated carbocycles. The summed E-state index contributed by atoms with van der Waals surface area (Å²) in [4.78, 5) is 0. The quantitative estimate of drug-likeness (QED) is 0.699. The zero-order valence-corrected chi connectivity index (χ0v) is 7.20. The molecule has 0 spiro atoms. The van der Waals surface area contributed by atoms with Crippen LogP contribution in [0.15, 0.2) is 24.3 Å². The summed E-state index contributed by atoms with van der Waals surface area (Å²) >= 11 is 0. The van der Waals surface area contributed by atoms with Crippen molar-refractivity contribution in [2.75, 3.05) is 0 Å². The topological polar surface area (TPSA) is 20.2 Å². The zero-order chi connectivity index (χ0) is 9.68. The summed E-state index contributed by atoms with van der Waals surface area (Å²) in [6, 6.07) is 6.19. The molecule has 1 unspecified atom stereocenters. The molecular weight excluding hydrogens is 167 g/mol. The third-order valence-corrected chi connectivity index (χ3v) is 1.81. The summed E-state index contributed by atoms with van der Waals surface area (Å²) in [6.45, 7) is 0. The third-order valence-electron chi connectivity index (χ3n) is 1.81. The van der Waals surface area contributed by atoms with Crippen LogP contribution < -0.4 is 0 Å². The van der Waals surface area contributed by atoms with E-state index < -0.39 is 6.10 Å². The van der Waals surface area contributed by atoms with E-state index in [-0.39, 0.29) is 5.82 Å². The molecule has 0 aromatic heterocycles. The molecule has 2 heteroatoms. The standard InChI is InChI=1S/C11H11FO/c1-2-11(13)8-5-9-3-6-10(12)7-4-9/h1,3-4,6-7,11,13H,5,8H2. The second kappa shape index (κ2) is 4.64. The fourth-order valence-corrected chi connectivity index (χ4v) is 1.04. The maximum Gasteiger partial charge on any atom is 0.123 e. The van der Waals surface area contributed by atoms with Gasteiger partial charge in [0.05, 0.1) is 0 Å². The molecule has 0 amide bonds. The monoisotopic (exact) mass is 178 g/mol. The molecule has 68 valence electrons. The van der Waals surface area contributed by atoms with Gasteiger partial charge in [0.2, 0.25) is 0 Å². The molecule has 0 aliphatic heterocycles. The predicted octanol–water partition coefficient (Wildman–Crippen LogP) is 1.75. The fraction of sp³-hybridized carbons (Fsp3) is 0.273. The van der Waals surface area contributed by atoms with Crippen molar-refractivity contribution in [3.8, 4) is 12.3 Å². The lowest BCUT2D eigenvalue weighted by Crippen LogP contribution is -2.03. The highest BCUT2D eigenvalue weighted by atomic mass is 19.1. The number of terminal acetylenes is 1. The molecule has 0 radical (unpaired) electrons. The minimum Gasteiger partial charge on any atom is -0.380 e. The van der Waals surface area contributed by atoms with Crippen molar-refractivity contribution in [3.63, 3.8) is 0 Å². The maximum atomic E-state index is 12.5. The van der Waals surface area contributed by atoms with Gasteiger partial charge in [0, 0.05) is 0 Å². The van der Waals surface area contributed by atoms with Crippen molar-refractivity contribution >= 4 is 0 Å². The van der Waals surface area contributed by atoms with E-state index in [1.54, 1.807) is 12.1 Å². The van der Waals surface area contributed by atoms with Crippen molar-refractivity contribution in [2.45, 2.75) is 18.9 Å². The Morgan fingerprint density at radius 1 is 1.38 bits per heavy atom. The van der Waals surface area contributed by atoms with E-state index in [4.69, 9.17) is 11.5 Å². The minimum atomic E-state index is -0.704. The second-order valence-corrected chi connectivity index (χ2v) is 2.85. The van der Waals surface area contributed by atoms with Gasteiger partial charge < -0.3 is 5.11 Å². The van der Waals surface area contributed by atoms with Crippen molar-refractivity contribution in [1.82, 2.24) is 0 Å². The number of rotatable bonds is 3. The number of aliphatic hydroxyl groups is 1. The first-order chi connectivity index (χ1) is 6.22. The molecule has 1 nitrogen and oxygen atoms in total. The van der Waals surface area contributed by atoms with Gasteiger partial charge in [0.1, 0.15) is 11.9 Å². The smallest absolute Gasteiger partial charge is 0.123 e. The van der Waals surface area contributed by atoms with Crippen LogP contribution in [0.25, 0.3) is 0 Å². The predicted molar refractivity (Wildman–Crippen MR) is 49.6 cm³/mol. The zero-order valence-electron chi connectivity index (χ0n) is 7.20. The van der Waals surface area contributed by atoms with Crippen molar-refractivity contribution in [1.29, 1.82) is 0 Å². The van der Waals surface area contributed by atoms with E-state index in [0.29, 0.717) is 12.8 Å². The van der Waals surface area contributed by atoms with Crippen LogP contribution in [0.2, 0.25) is 0 Å².